The van der Waals surface area contributed by atoms with Crippen LogP contribution in [0.15, 0.2) is 24.3 Å². The van der Waals surface area contributed by atoms with Crippen LogP contribution in [0.25, 0.3) is 0 Å². The van der Waals surface area contributed by atoms with Crippen molar-refractivity contribution in [2.24, 2.45) is 0 Å². The second-order valence-corrected chi connectivity index (χ2v) is 5.56. The fourth-order valence-corrected chi connectivity index (χ4v) is 2.92. The van der Waals surface area contributed by atoms with Gasteiger partial charge in [0.1, 0.15) is 11.9 Å². The Hall–Kier alpha value is -2.29. The molecule has 0 radical (unpaired) electrons. The van der Waals surface area contributed by atoms with E-state index < -0.39 is 23.5 Å². The highest BCUT2D eigenvalue weighted by molar-refractivity contribution is 5.68. The molecule has 24 heavy (non-hydrogen) atoms. The second kappa shape index (κ2) is 6.68. The van der Waals surface area contributed by atoms with Crippen LogP contribution in [0.1, 0.15) is 12.0 Å². The van der Waals surface area contributed by atoms with Gasteiger partial charge in [-0.05, 0) is 25.2 Å². The molecular formula is C15H18F3N3O3. The van der Waals surface area contributed by atoms with Gasteiger partial charge >= 0.3 is 12.3 Å². The van der Waals surface area contributed by atoms with Gasteiger partial charge in [0.05, 0.1) is 12.1 Å². The van der Waals surface area contributed by atoms with Gasteiger partial charge in [0, 0.05) is 25.2 Å². The number of carbonyl (C=O) groups excluding carboxylic acids is 1. The highest BCUT2D eigenvalue weighted by Gasteiger charge is 2.43. The first-order chi connectivity index (χ1) is 11.2. The Bertz CT molecular complexity index is 623. The number of likely N-dealkylation sites (N-methyl/N-ethyl adjacent to an activating group) is 1. The van der Waals surface area contributed by atoms with Crippen LogP contribution >= 0.6 is 0 Å². The predicted molar refractivity (Wildman–Crippen MR) is 80.9 cm³/mol. The summed E-state index contributed by atoms with van der Waals surface area (Å²) in [6, 6.07) is 4.85. The summed E-state index contributed by atoms with van der Waals surface area (Å²) in [6.45, 7) is 0.367. The van der Waals surface area contributed by atoms with E-state index in [4.69, 9.17) is 0 Å². The number of halogens is 3. The summed E-state index contributed by atoms with van der Waals surface area (Å²) in [7, 11) is 1.52. The van der Waals surface area contributed by atoms with Crippen LogP contribution in [0.5, 0.6) is 0 Å². The second-order valence-electron chi connectivity index (χ2n) is 5.56. The van der Waals surface area contributed by atoms with Crippen molar-refractivity contribution in [2.75, 3.05) is 31.6 Å². The van der Waals surface area contributed by atoms with Crippen molar-refractivity contribution in [2.45, 2.75) is 18.3 Å². The molecule has 1 fully saturated rings. The molecule has 9 heteroatoms. The lowest BCUT2D eigenvalue weighted by Crippen LogP contribution is -2.70. The largest absolute Gasteiger partial charge is 0.465 e. The van der Waals surface area contributed by atoms with Crippen molar-refractivity contribution in [1.29, 1.82) is 0 Å². The molecule has 1 aromatic rings. The minimum atomic E-state index is -4.46. The van der Waals surface area contributed by atoms with E-state index in [-0.39, 0.29) is 26.1 Å². The minimum Gasteiger partial charge on any atom is -0.465 e. The Morgan fingerprint density at radius 2 is 2.12 bits per heavy atom. The number of alkyl halides is 3. The molecule has 1 aliphatic heterocycles. The number of nitrogens with one attached hydrogen (secondary N) is 1. The molecule has 132 valence electrons. The number of aldehydes is 1. The van der Waals surface area contributed by atoms with Crippen molar-refractivity contribution in [3.05, 3.63) is 29.8 Å². The summed E-state index contributed by atoms with van der Waals surface area (Å²) in [4.78, 5) is 25.2. The summed E-state index contributed by atoms with van der Waals surface area (Å²) < 4.78 is 38.6. The van der Waals surface area contributed by atoms with E-state index in [0.29, 0.717) is 12.0 Å². The number of nitrogens with zero attached hydrogens (tertiary/aromatic N) is 2. The average Bonchev–Trinajstić information content (AvgIpc) is 2.54. The lowest BCUT2D eigenvalue weighted by atomic mass is 10.00. The molecule has 1 atom stereocenters. The molecule has 1 saturated heterocycles. The smallest absolute Gasteiger partial charge is 0.416 e. The topological polar surface area (TPSA) is 72.9 Å². The SMILES string of the molecule is CNC1(CC=O)CN(c2cccc(C(F)(F)F)c2)CCN1C(=O)O. The monoisotopic (exact) mass is 345 g/mol. The summed E-state index contributed by atoms with van der Waals surface area (Å²) in [5.74, 6) is 0. The van der Waals surface area contributed by atoms with Crippen molar-refractivity contribution in [3.8, 4) is 0 Å². The maximum absolute atomic E-state index is 12.9. The fourth-order valence-electron chi connectivity index (χ4n) is 2.92. The number of carboxylic acid groups (broad SMARTS) is 1. The van der Waals surface area contributed by atoms with Gasteiger partial charge in [0.15, 0.2) is 0 Å². The molecule has 0 aromatic heterocycles. The number of anilines is 1. The number of benzene rings is 1. The Kier molecular flexibility index (Phi) is 5.02. The third-order valence-corrected chi connectivity index (χ3v) is 4.22. The summed E-state index contributed by atoms with van der Waals surface area (Å²) in [6.07, 6.45) is -5.15. The van der Waals surface area contributed by atoms with Crippen molar-refractivity contribution in [3.63, 3.8) is 0 Å². The van der Waals surface area contributed by atoms with E-state index in [1.165, 1.54) is 19.2 Å². The van der Waals surface area contributed by atoms with Gasteiger partial charge < -0.3 is 14.8 Å². The molecule has 1 amide bonds. The molecule has 0 bridgehead atoms. The fraction of sp³-hybridized carbons (Fsp3) is 0.467. The Morgan fingerprint density at radius 1 is 1.42 bits per heavy atom. The van der Waals surface area contributed by atoms with Crippen LogP contribution in [0.3, 0.4) is 0 Å². The molecule has 1 heterocycles. The molecule has 1 aliphatic rings. The quantitative estimate of drug-likeness (QED) is 0.817. The summed E-state index contributed by atoms with van der Waals surface area (Å²) in [5.41, 5.74) is -1.62. The highest BCUT2D eigenvalue weighted by Crippen LogP contribution is 2.33. The third kappa shape index (κ3) is 3.45. The molecule has 0 aliphatic carbocycles. The minimum absolute atomic E-state index is 0.0653. The Morgan fingerprint density at radius 3 is 2.67 bits per heavy atom. The van der Waals surface area contributed by atoms with Crippen molar-refractivity contribution >= 4 is 18.1 Å². The van der Waals surface area contributed by atoms with Gasteiger partial charge in [-0.2, -0.15) is 13.2 Å². The molecule has 1 aromatic carbocycles. The highest BCUT2D eigenvalue weighted by atomic mass is 19.4. The van der Waals surface area contributed by atoms with Crippen LogP contribution in [-0.2, 0) is 11.0 Å². The van der Waals surface area contributed by atoms with Gasteiger partial charge in [0.2, 0.25) is 0 Å². The first kappa shape index (κ1) is 18.1. The van der Waals surface area contributed by atoms with E-state index in [9.17, 15) is 27.9 Å². The molecule has 6 nitrogen and oxygen atoms in total. The van der Waals surface area contributed by atoms with Gasteiger partial charge in [-0.1, -0.05) is 6.07 Å². The predicted octanol–water partition coefficient (Wildman–Crippen LogP) is 2.01. The normalized spacial score (nSPS) is 21.7. The van der Waals surface area contributed by atoms with Crippen LogP contribution in [0, 0.1) is 0 Å². The maximum atomic E-state index is 12.9. The van der Waals surface area contributed by atoms with Gasteiger partial charge in [-0.25, -0.2) is 4.79 Å². The maximum Gasteiger partial charge on any atom is 0.416 e. The average molecular weight is 345 g/mol. The number of piperazine rings is 1. The standard InChI is InChI=1S/C15H18F3N3O3/c1-19-14(5-8-22)10-20(6-7-21(14)13(23)24)12-4-2-3-11(9-12)15(16,17)18/h2-4,8-9,19H,5-7,10H2,1H3,(H,23,24). The van der Waals surface area contributed by atoms with Crippen LogP contribution in [0.4, 0.5) is 23.7 Å². The van der Waals surface area contributed by atoms with Crippen LogP contribution < -0.4 is 10.2 Å². The van der Waals surface area contributed by atoms with Gasteiger partial charge in [-0.3, -0.25) is 10.2 Å². The zero-order chi connectivity index (χ0) is 18.0. The van der Waals surface area contributed by atoms with Crippen LogP contribution in [-0.4, -0.2) is 54.7 Å². The molecular weight excluding hydrogens is 327 g/mol. The van der Waals surface area contributed by atoms with Gasteiger partial charge in [-0.15, -0.1) is 0 Å². The first-order valence-corrected chi connectivity index (χ1v) is 7.29. The zero-order valence-corrected chi connectivity index (χ0v) is 13.0. The van der Waals surface area contributed by atoms with Gasteiger partial charge in [0.25, 0.3) is 0 Å². The van der Waals surface area contributed by atoms with E-state index in [1.54, 1.807) is 4.90 Å². The van der Waals surface area contributed by atoms with Crippen molar-refractivity contribution < 1.29 is 27.9 Å². The van der Waals surface area contributed by atoms with E-state index in [0.717, 1.165) is 17.0 Å². The third-order valence-electron chi connectivity index (χ3n) is 4.22. The molecule has 1 unspecified atom stereocenters. The number of hydrogen-bond acceptors (Lipinski definition) is 4. The van der Waals surface area contributed by atoms with E-state index in [1.807, 2.05) is 0 Å². The van der Waals surface area contributed by atoms with E-state index >= 15 is 0 Å². The number of amides is 1. The molecule has 0 spiro atoms. The van der Waals surface area contributed by atoms with Crippen LogP contribution in [0.2, 0.25) is 0 Å². The molecule has 2 N–H and O–H groups in total. The number of carbonyl (C=O) groups is 2. The molecule has 2 rings (SSSR count). The zero-order valence-electron chi connectivity index (χ0n) is 13.0. The number of hydrogen-bond donors (Lipinski definition) is 2. The molecule has 0 saturated carbocycles. The van der Waals surface area contributed by atoms with Crippen molar-refractivity contribution in [1.82, 2.24) is 10.2 Å². The Labute approximate surface area is 136 Å². The first-order valence-electron chi connectivity index (χ1n) is 7.29. The lowest BCUT2D eigenvalue weighted by Gasteiger charge is -2.49. The Balaban J connectivity index is 2.34. The van der Waals surface area contributed by atoms with E-state index in [2.05, 4.69) is 5.32 Å². The lowest BCUT2D eigenvalue weighted by molar-refractivity contribution is -0.137. The summed E-state index contributed by atoms with van der Waals surface area (Å²) >= 11 is 0. The number of rotatable bonds is 4. The summed E-state index contributed by atoms with van der Waals surface area (Å²) in [5, 5.41) is 12.2.